The van der Waals surface area contributed by atoms with E-state index in [1.54, 1.807) is 31.3 Å². The van der Waals surface area contributed by atoms with Gasteiger partial charge in [0, 0.05) is 13.5 Å². The highest BCUT2D eigenvalue weighted by molar-refractivity contribution is 5.82. The quantitative estimate of drug-likeness (QED) is 0.564. The van der Waals surface area contributed by atoms with Crippen LogP contribution in [0.15, 0.2) is 24.3 Å². The Morgan fingerprint density at radius 3 is 2.35 bits per heavy atom. The summed E-state index contributed by atoms with van der Waals surface area (Å²) in [5.41, 5.74) is 0.861. The van der Waals surface area contributed by atoms with E-state index in [1.807, 2.05) is 0 Å². The van der Waals surface area contributed by atoms with Crippen molar-refractivity contribution >= 4 is 5.91 Å². The van der Waals surface area contributed by atoms with Crippen molar-refractivity contribution in [1.82, 2.24) is 10.6 Å². The number of hydrogen-bond acceptors (Lipinski definition) is 4. The fourth-order valence-corrected chi connectivity index (χ4v) is 1.65. The van der Waals surface area contributed by atoms with Crippen molar-refractivity contribution < 1.29 is 15.0 Å². The largest absolute Gasteiger partial charge is 0.508 e. The first-order chi connectivity index (χ1) is 8.08. The van der Waals surface area contributed by atoms with Crippen molar-refractivity contribution in [3.05, 3.63) is 29.8 Å². The number of nitrogens with one attached hydrogen (secondary N) is 2. The number of benzene rings is 1. The fourth-order valence-electron chi connectivity index (χ4n) is 1.65. The molecule has 2 atom stereocenters. The molecule has 5 nitrogen and oxygen atoms in total. The van der Waals surface area contributed by atoms with Gasteiger partial charge in [-0.15, -0.1) is 0 Å². The minimum absolute atomic E-state index is 0.180. The third-order valence-electron chi connectivity index (χ3n) is 2.61. The van der Waals surface area contributed by atoms with Crippen LogP contribution < -0.4 is 10.6 Å². The van der Waals surface area contributed by atoms with Gasteiger partial charge in [-0.1, -0.05) is 12.1 Å². The van der Waals surface area contributed by atoms with Gasteiger partial charge in [-0.2, -0.15) is 0 Å². The van der Waals surface area contributed by atoms with Crippen LogP contribution in [0.5, 0.6) is 5.75 Å². The maximum atomic E-state index is 11.5. The van der Waals surface area contributed by atoms with Gasteiger partial charge < -0.3 is 20.8 Å². The lowest BCUT2D eigenvalue weighted by molar-refractivity contribution is -0.125. The Labute approximate surface area is 100 Å². The maximum Gasteiger partial charge on any atom is 0.239 e. The molecular weight excluding hydrogens is 220 g/mol. The van der Waals surface area contributed by atoms with Gasteiger partial charge in [0.05, 0.1) is 6.10 Å². The normalized spacial score (nSPS) is 14.1. The molecule has 17 heavy (non-hydrogen) atoms. The van der Waals surface area contributed by atoms with Crippen molar-refractivity contribution in [2.45, 2.75) is 18.6 Å². The van der Waals surface area contributed by atoms with Crippen molar-refractivity contribution in [2.24, 2.45) is 0 Å². The van der Waals surface area contributed by atoms with Crippen LogP contribution in [0.2, 0.25) is 0 Å². The molecule has 0 heterocycles. The summed E-state index contributed by atoms with van der Waals surface area (Å²) in [7, 11) is 3.15. The molecule has 1 amide bonds. The molecule has 0 fully saturated rings. The Bertz CT molecular complexity index is 365. The van der Waals surface area contributed by atoms with Gasteiger partial charge in [0.15, 0.2) is 0 Å². The van der Waals surface area contributed by atoms with Gasteiger partial charge >= 0.3 is 0 Å². The van der Waals surface area contributed by atoms with Gasteiger partial charge in [-0.05, 0) is 24.7 Å². The lowest BCUT2D eigenvalue weighted by Gasteiger charge is -2.20. The Morgan fingerprint density at radius 1 is 1.29 bits per heavy atom. The molecule has 1 aromatic carbocycles. The van der Waals surface area contributed by atoms with E-state index in [9.17, 15) is 9.90 Å². The Hall–Kier alpha value is -1.59. The Kier molecular flexibility index (Phi) is 4.93. The molecule has 0 aliphatic heterocycles. The van der Waals surface area contributed by atoms with Crippen molar-refractivity contribution in [3.63, 3.8) is 0 Å². The predicted octanol–water partition coefficient (Wildman–Crippen LogP) is -0.370. The van der Waals surface area contributed by atoms with Crippen LogP contribution in [0, 0.1) is 0 Å². The van der Waals surface area contributed by atoms with Crippen LogP contribution in [-0.2, 0) is 11.2 Å². The molecule has 0 aromatic heterocycles. The molecule has 2 unspecified atom stereocenters. The first-order valence-electron chi connectivity index (χ1n) is 5.43. The molecular formula is C12H18N2O3. The summed E-state index contributed by atoms with van der Waals surface area (Å²) < 4.78 is 0. The molecule has 5 heteroatoms. The highest BCUT2D eigenvalue weighted by atomic mass is 16.3. The van der Waals surface area contributed by atoms with Gasteiger partial charge in [0.2, 0.25) is 5.91 Å². The van der Waals surface area contributed by atoms with Gasteiger partial charge in [0.25, 0.3) is 0 Å². The van der Waals surface area contributed by atoms with Crippen LogP contribution in [0.1, 0.15) is 5.56 Å². The molecule has 0 aliphatic rings. The topological polar surface area (TPSA) is 81.6 Å². The van der Waals surface area contributed by atoms with Gasteiger partial charge in [-0.25, -0.2) is 0 Å². The number of hydrogen-bond donors (Lipinski definition) is 4. The average Bonchev–Trinajstić information content (AvgIpc) is 2.32. The second-order valence-electron chi connectivity index (χ2n) is 3.82. The van der Waals surface area contributed by atoms with E-state index in [2.05, 4.69) is 10.6 Å². The fraction of sp³-hybridized carbons (Fsp3) is 0.417. The first-order valence-corrected chi connectivity index (χ1v) is 5.43. The summed E-state index contributed by atoms with van der Waals surface area (Å²) in [6.45, 7) is 0. The summed E-state index contributed by atoms with van der Waals surface area (Å²) >= 11 is 0. The number of phenolic OH excluding ortho intramolecular Hbond substituents is 1. The summed E-state index contributed by atoms with van der Waals surface area (Å²) in [5.74, 6) is -0.0708. The molecule has 0 aliphatic carbocycles. The summed E-state index contributed by atoms with van der Waals surface area (Å²) in [5, 5.41) is 24.3. The molecule has 0 spiro atoms. The second-order valence-corrected chi connectivity index (χ2v) is 3.82. The molecule has 94 valence electrons. The molecule has 0 saturated carbocycles. The molecule has 0 radical (unpaired) electrons. The maximum absolute atomic E-state index is 11.5. The minimum Gasteiger partial charge on any atom is -0.508 e. The Morgan fingerprint density at radius 2 is 1.88 bits per heavy atom. The lowest BCUT2D eigenvalue weighted by Crippen LogP contribution is -2.49. The van der Waals surface area contributed by atoms with Crippen LogP contribution in [-0.4, -0.2) is 42.4 Å². The third-order valence-corrected chi connectivity index (χ3v) is 2.61. The van der Waals surface area contributed by atoms with Crippen LogP contribution in [0.4, 0.5) is 0 Å². The highest BCUT2D eigenvalue weighted by Gasteiger charge is 2.24. The minimum atomic E-state index is -0.815. The van der Waals surface area contributed by atoms with Crippen LogP contribution in [0.25, 0.3) is 0 Å². The first kappa shape index (κ1) is 13.5. The average molecular weight is 238 g/mol. The van der Waals surface area contributed by atoms with Crippen LogP contribution in [0.3, 0.4) is 0 Å². The van der Waals surface area contributed by atoms with Gasteiger partial charge in [-0.3, -0.25) is 4.79 Å². The monoisotopic (exact) mass is 238 g/mol. The van der Waals surface area contributed by atoms with Crippen molar-refractivity contribution in [2.75, 3.05) is 14.1 Å². The highest BCUT2D eigenvalue weighted by Crippen LogP contribution is 2.12. The zero-order valence-corrected chi connectivity index (χ0v) is 9.97. The molecule has 1 rings (SSSR count). The number of amides is 1. The smallest absolute Gasteiger partial charge is 0.239 e. The van der Waals surface area contributed by atoms with E-state index >= 15 is 0 Å². The summed E-state index contributed by atoms with van der Waals surface area (Å²) in [4.78, 5) is 11.5. The van der Waals surface area contributed by atoms with Crippen LogP contribution >= 0.6 is 0 Å². The molecule has 0 saturated heterocycles. The third kappa shape index (κ3) is 3.72. The van der Waals surface area contributed by atoms with Gasteiger partial charge in [0.1, 0.15) is 11.8 Å². The number of aliphatic hydroxyl groups excluding tert-OH is 1. The van der Waals surface area contributed by atoms with E-state index in [-0.39, 0.29) is 11.7 Å². The number of phenols is 1. The zero-order chi connectivity index (χ0) is 12.8. The second kappa shape index (κ2) is 6.22. The summed E-state index contributed by atoms with van der Waals surface area (Å²) in [6, 6.07) is 5.89. The van der Waals surface area contributed by atoms with Crippen molar-refractivity contribution in [3.8, 4) is 5.75 Å². The zero-order valence-electron chi connectivity index (χ0n) is 9.97. The number of aliphatic hydroxyl groups is 1. The number of likely N-dealkylation sites (N-methyl/N-ethyl adjacent to an activating group) is 2. The summed E-state index contributed by atoms with van der Waals surface area (Å²) in [6.07, 6.45) is -0.469. The predicted molar refractivity (Wildman–Crippen MR) is 64.7 cm³/mol. The van der Waals surface area contributed by atoms with E-state index in [1.165, 1.54) is 7.05 Å². The van der Waals surface area contributed by atoms with E-state index in [0.29, 0.717) is 6.42 Å². The SMILES string of the molecule is CNC(=O)C(NC)C(O)Cc1ccc(O)cc1. The number of carbonyl (C=O) groups is 1. The molecule has 0 bridgehead atoms. The Balaban J connectivity index is 2.66. The van der Waals surface area contributed by atoms with E-state index in [4.69, 9.17) is 5.11 Å². The standard InChI is InChI=1S/C12H18N2O3/c1-13-11(12(17)14-2)10(16)7-8-3-5-9(15)6-4-8/h3-6,10-11,13,15-16H,7H2,1-2H3,(H,14,17). The molecule has 1 aromatic rings. The number of carbonyl (C=O) groups excluding carboxylic acids is 1. The van der Waals surface area contributed by atoms with E-state index in [0.717, 1.165) is 5.56 Å². The number of rotatable bonds is 5. The lowest BCUT2D eigenvalue weighted by atomic mass is 10.0. The number of aromatic hydroxyl groups is 1. The van der Waals surface area contributed by atoms with Crippen molar-refractivity contribution in [1.29, 1.82) is 0 Å². The van der Waals surface area contributed by atoms with E-state index < -0.39 is 12.1 Å². The molecule has 4 N–H and O–H groups in total.